The van der Waals surface area contributed by atoms with Crippen LogP contribution in [0, 0.1) is 5.92 Å². The number of likely N-dealkylation sites (tertiary alicyclic amines) is 1. The molecule has 1 spiro atoms. The Morgan fingerprint density at radius 1 is 1.36 bits per heavy atom. The van der Waals surface area contributed by atoms with E-state index in [0.717, 1.165) is 51.9 Å². The Morgan fingerprint density at radius 2 is 2.16 bits per heavy atom. The Bertz CT molecular complexity index is 697. The van der Waals surface area contributed by atoms with Gasteiger partial charge in [0.25, 0.3) is 0 Å². The lowest BCUT2D eigenvalue weighted by Crippen LogP contribution is -2.64. The fourth-order valence-corrected chi connectivity index (χ4v) is 5.32. The Kier molecular flexibility index (Phi) is 4.64. The van der Waals surface area contributed by atoms with E-state index in [-0.39, 0.29) is 10.9 Å². The maximum atomic E-state index is 11.9. The van der Waals surface area contributed by atoms with Gasteiger partial charge in [-0.2, -0.15) is 5.10 Å². The summed E-state index contributed by atoms with van der Waals surface area (Å²) in [6, 6.07) is 0. The highest BCUT2D eigenvalue weighted by Crippen LogP contribution is 2.36. The first-order valence-electron chi connectivity index (χ1n) is 9.34. The molecule has 25 heavy (non-hydrogen) atoms. The van der Waals surface area contributed by atoms with Crippen molar-refractivity contribution in [1.29, 1.82) is 0 Å². The zero-order valence-electron chi connectivity index (χ0n) is 14.9. The van der Waals surface area contributed by atoms with Gasteiger partial charge in [-0.25, -0.2) is 13.1 Å². The molecule has 0 aromatic carbocycles. The molecule has 1 N–H and O–H groups in total. The number of sulfonamides is 1. The van der Waals surface area contributed by atoms with E-state index in [1.54, 1.807) is 0 Å². The summed E-state index contributed by atoms with van der Waals surface area (Å²) < 4.78 is 34.7. The summed E-state index contributed by atoms with van der Waals surface area (Å²) in [7, 11) is -3.07. The van der Waals surface area contributed by atoms with Crippen LogP contribution in [0.5, 0.6) is 0 Å². The highest BCUT2D eigenvalue weighted by Gasteiger charge is 2.46. The van der Waals surface area contributed by atoms with Gasteiger partial charge in [0.1, 0.15) is 0 Å². The molecule has 3 fully saturated rings. The van der Waals surface area contributed by atoms with Gasteiger partial charge in [-0.1, -0.05) is 0 Å². The van der Waals surface area contributed by atoms with Gasteiger partial charge < -0.3 is 4.74 Å². The number of nitrogens with one attached hydrogen (secondary N) is 1. The van der Waals surface area contributed by atoms with Crippen LogP contribution in [-0.2, 0) is 27.8 Å². The van der Waals surface area contributed by atoms with Crippen LogP contribution in [0.15, 0.2) is 12.4 Å². The molecule has 4 rings (SSSR count). The van der Waals surface area contributed by atoms with E-state index >= 15 is 0 Å². The van der Waals surface area contributed by atoms with Crippen LogP contribution in [0.25, 0.3) is 0 Å². The van der Waals surface area contributed by atoms with Crippen molar-refractivity contribution in [2.24, 2.45) is 5.92 Å². The molecule has 1 saturated carbocycles. The van der Waals surface area contributed by atoms with Gasteiger partial charge in [0.05, 0.1) is 23.7 Å². The second kappa shape index (κ2) is 6.64. The van der Waals surface area contributed by atoms with E-state index in [1.807, 2.05) is 10.9 Å². The summed E-state index contributed by atoms with van der Waals surface area (Å²) in [5, 5.41) is 4.18. The number of hydrogen-bond donors (Lipinski definition) is 1. The van der Waals surface area contributed by atoms with Gasteiger partial charge in [0.15, 0.2) is 0 Å². The second-order valence-electron chi connectivity index (χ2n) is 7.84. The number of aryl methyl sites for hydroxylation is 1. The van der Waals surface area contributed by atoms with Gasteiger partial charge in [-0.05, 0) is 38.5 Å². The standard InChI is InChI=1S/C17H28N4O3S/c1-2-21-10-15(7-18-21)9-20-12-17(13-20)6-5-14(11-24-17)8-19-25(22,23)16-3-4-16/h7,10,14,16,19H,2-6,8-9,11-13H2,1H3/t14-/m0/s1. The quantitative estimate of drug-likeness (QED) is 0.776. The average molecular weight is 369 g/mol. The average Bonchev–Trinajstić information content (AvgIpc) is 3.34. The Balaban J connectivity index is 1.19. The van der Waals surface area contributed by atoms with Crippen molar-refractivity contribution in [1.82, 2.24) is 19.4 Å². The van der Waals surface area contributed by atoms with Crippen molar-refractivity contribution in [3.63, 3.8) is 0 Å². The summed E-state index contributed by atoms with van der Waals surface area (Å²) >= 11 is 0. The van der Waals surface area contributed by atoms with Crippen molar-refractivity contribution in [2.75, 3.05) is 26.2 Å². The summed E-state index contributed by atoms with van der Waals surface area (Å²) in [6.45, 7) is 7.03. The lowest BCUT2D eigenvalue weighted by molar-refractivity contribution is -0.181. The first-order valence-corrected chi connectivity index (χ1v) is 10.9. The molecule has 0 unspecified atom stereocenters. The first kappa shape index (κ1) is 17.5. The first-order chi connectivity index (χ1) is 12.0. The number of rotatable bonds is 7. The van der Waals surface area contributed by atoms with Crippen LogP contribution in [0.3, 0.4) is 0 Å². The maximum absolute atomic E-state index is 11.9. The third-order valence-corrected chi connectivity index (χ3v) is 7.53. The summed E-state index contributed by atoms with van der Waals surface area (Å²) in [5.41, 5.74) is 1.24. The minimum absolute atomic E-state index is 0.00732. The minimum Gasteiger partial charge on any atom is -0.372 e. The molecular weight excluding hydrogens is 340 g/mol. The van der Waals surface area contributed by atoms with Crippen molar-refractivity contribution < 1.29 is 13.2 Å². The van der Waals surface area contributed by atoms with Gasteiger partial charge in [-0.15, -0.1) is 0 Å². The molecule has 0 radical (unpaired) electrons. The van der Waals surface area contributed by atoms with E-state index < -0.39 is 10.0 Å². The number of ether oxygens (including phenoxy) is 1. The van der Waals surface area contributed by atoms with E-state index in [9.17, 15) is 8.42 Å². The van der Waals surface area contributed by atoms with E-state index in [4.69, 9.17) is 4.74 Å². The monoisotopic (exact) mass is 368 g/mol. The molecule has 1 atom stereocenters. The SMILES string of the molecule is CCn1cc(CN2CC3(CC[C@@H](CNS(=O)(=O)C4CC4)CO3)C2)cn1. The summed E-state index contributed by atoms with van der Waals surface area (Å²) in [6.07, 6.45) is 7.73. The Hall–Kier alpha value is -0.960. The smallest absolute Gasteiger partial charge is 0.214 e. The predicted octanol–water partition coefficient (Wildman–Crippen LogP) is 0.966. The third kappa shape index (κ3) is 3.92. The Labute approximate surface area is 149 Å². The molecule has 1 aliphatic carbocycles. The highest BCUT2D eigenvalue weighted by atomic mass is 32.2. The van der Waals surface area contributed by atoms with Crippen molar-refractivity contribution in [3.05, 3.63) is 18.0 Å². The van der Waals surface area contributed by atoms with Gasteiger partial charge in [0, 0.05) is 44.5 Å². The Morgan fingerprint density at radius 3 is 2.76 bits per heavy atom. The molecule has 8 heteroatoms. The molecule has 140 valence electrons. The molecule has 0 amide bonds. The van der Waals surface area contributed by atoms with Crippen LogP contribution < -0.4 is 4.72 Å². The number of nitrogens with zero attached hydrogens (tertiary/aromatic N) is 3. The zero-order chi connectivity index (χ0) is 17.5. The van der Waals surface area contributed by atoms with E-state index in [1.165, 1.54) is 5.56 Å². The zero-order valence-corrected chi connectivity index (χ0v) is 15.7. The maximum Gasteiger partial charge on any atom is 0.214 e. The van der Waals surface area contributed by atoms with Crippen molar-refractivity contribution in [3.8, 4) is 0 Å². The lowest BCUT2D eigenvalue weighted by atomic mass is 9.83. The molecule has 7 nitrogen and oxygen atoms in total. The van der Waals surface area contributed by atoms with Crippen LogP contribution in [0.2, 0.25) is 0 Å². The van der Waals surface area contributed by atoms with Crippen LogP contribution in [0.1, 0.15) is 38.2 Å². The molecule has 1 aromatic heterocycles. The molecular formula is C17H28N4O3S. The third-order valence-electron chi connectivity index (χ3n) is 5.61. The predicted molar refractivity (Wildman–Crippen MR) is 94.5 cm³/mol. The molecule has 3 aliphatic rings. The summed E-state index contributed by atoms with van der Waals surface area (Å²) in [4.78, 5) is 2.40. The summed E-state index contributed by atoms with van der Waals surface area (Å²) in [5.74, 6) is 0.302. The fourth-order valence-electron chi connectivity index (χ4n) is 3.86. The minimum atomic E-state index is -3.07. The lowest BCUT2D eigenvalue weighted by Gasteiger charge is -2.53. The van der Waals surface area contributed by atoms with Gasteiger partial charge in [-0.3, -0.25) is 9.58 Å². The van der Waals surface area contributed by atoms with Gasteiger partial charge >= 0.3 is 0 Å². The normalized spacial score (nSPS) is 26.7. The molecule has 3 heterocycles. The molecule has 1 aromatic rings. The van der Waals surface area contributed by atoms with Crippen LogP contribution >= 0.6 is 0 Å². The molecule has 2 saturated heterocycles. The molecule has 0 bridgehead atoms. The number of hydrogen-bond acceptors (Lipinski definition) is 5. The van der Waals surface area contributed by atoms with E-state index in [2.05, 4.69) is 27.8 Å². The van der Waals surface area contributed by atoms with Crippen LogP contribution in [0.4, 0.5) is 0 Å². The van der Waals surface area contributed by atoms with Gasteiger partial charge in [0.2, 0.25) is 10.0 Å². The van der Waals surface area contributed by atoms with Crippen molar-refractivity contribution >= 4 is 10.0 Å². The van der Waals surface area contributed by atoms with E-state index in [0.29, 0.717) is 19.1 Å². The topological polar surface area (TPSA) is 76.5 Å². The second-order valence-corrected chi connectivity index (χ2v) is 9.89. The van der Waals surface area contributed by atoms with Crippen molar-refractivity contribution in [2.45, 2.75) is 56.5 Å². The highest BCUT2D eigenvalue weighted by molar-refractivity contribution is 7.90. The molecule has 2 aliphatic heterocycles. The fraction of sp³-hybridized carbons (Fsp3) is 0.824. The van der Waals surface area contributed by atoms with Crippen LogP contribution in [-0.4, -0.2) is 60.2 Å². The number of aromatic nitrogens is 2. The largest absolute Gasteiger partial charge is 0.372 e.